The zero-order valence-corrected chi connectivity index (χ0v) is 15.8. The number of aryl methyl sites for hydroxylation is 2. The van der Waals surface area contributed by atoms with Crippen molar-refractivity contribution in [3.8, 4) is 0 Å². The Kier molecular flexibility index (Phi) is 12.9. The molecule has 0 saturated heterocycles. The molecule has 0 radical (unpaired) electrons. The smallest absolute Gasteiger partial charge is 0.169 e. The fraction of sp³-hybridized carbons (Fsp3) is 0.722. The van der Waals surface area contributed by atoms with E-state index in [0.717, 1.165) is 0 Å². The Morgan fingerprint density at radius 1 is 0.913 bits per heavy atom. The van der Waals surface area contributed by atoms with Crippen molar-refractivity contribution in [1.29, 1.82) is 0 Å². The molecule has 0 aliphatic carbocycles. The highest BCUT2D eigenvalue weighted by Gasteiger charge is 1.99. The molecule has 1 rings (SSSR count). The van der Waals surface area contributed by atoms with Gasteiger partial charge in [-0.05, 0) is 18.9 Å². The van der Waals surface area contributed by atoms with Gasteiger partial charge in [0, 0.05) is 24.8 Å². The van der Waals surface area contributed by atoms with Crippen LogP contribution >= 0.6 is 0 Å². The molecule has 0 N–H and O–H groups in total. The minimum absolute atomic E-state index is 0.604. The lowest BCUT2D eigenvalue weighted by atomic mass is 10.1. The van der Waals surface area contributed by atoms with Crippen LogP contribution in [-0.4, -0.2) is 19.2 Å². The van der Waals surface area contributed by atoms with E-state index in [1.54, 1.807) is 0 Å². The molecule has 0 saturated carbocycles. The number of pyridine rings is 1. The first-order valence-electron chi connectivity index (χ1n) is 8.69. The Bertz CT molecular complexity index is 475. The van der Waals surface area contributed by atoms with Crippen molar-refractivity contribution in [3.05, 3.63) is 30.1 Å². The predicted octanol–water partition coefficient (Wildman–Crippen LogP) is 3.97. The van der Waals surface area contributed by atoms with Crippen LogP contribution in [0.15, 0.2) is 24.5 Å². The summed E-state index contributed by atoms with van der Waals surface area (Å²) in [4.78, 5) is 0. The molecule has 4 nitrogen and oxygen atoms in total. The van der Waals surface area contributed by atoms with Crippen LogP contribution in [0.2, 0.25) is 0 Å². The second kappa shape index (κ2) is 13.5. The third kappa shape index (κ3) is 19.0. The van der Waals surface area contributed by atoms with Gasteiger partial charge < -0.3 is 4.55 Å². The summed E-state index contributed by atoms with van der Waals surface area (Å²) in [5.41, 5.74) is 1.35. The third-order valence-electron chi connectivity index (χ3n) is 3.58. The molecule has 134 valence electrons. The van der Waals surface area contributed by atoms with Crippen molar-refractivity contribution in [3.63, 3.8) is 0 Å². The topological polar surface area (TPSA) is 61.1 Å². The zero-order valence-electron chi connectivity index (χ0n) is 15.0. The molecule has 0 fully saturated rings. The van der Waals surface area contributed by atoms with Gasteiger partial charge in [-0.15, -0.1) is 0 Å². The normalized spacial score (nSPS) is 11.0. The van der Waals surface area contributed by atoms with Gasteiger partial charge in [-0.3, -0.25) is 0 Å². The molecule has 0 atom stereocenters. The van der Waals surface area contributed by atoms with Crippen molar-refractivity contribution in [2.24, 2.45) is 0 Å². The van der Waals surface area contributed by atoms with Crippen LogP contribution in [0.1, 0.15) is 70.3 Å². The third-order valence-corrected chi connectivity index (χ3v) is 3.58. The monoisotopic (exact) mass is 343 g/mol. The van der Waals surface area contributed by atoms with Crippen LogP contribution in [0.4, 0.5) is 0 Å². The van der Waals surface area contributed by atoms with E-state index < -0.39 is 10.1 Å². The van der Waals surface area contributed by atoms with Gasteiger partial charge in [0.1, 0.15) is 6.54 Å². The lowest BCUT2D eigenvalue weighted by molar-refractivity contribution is -0.697. The molecule has 1 aromatic rings. The van der Waals surface area contributed by atoms with E-state index in [9.17, 15) is 0 Å². The van der Waals surface area contributed by atoms with Crippen LogP contribution in [0.25, 0.3) is 0 Å². The second-order valence-electron chi connectivity index (χ2n) is 6.15. The number of rotatable bonds is 10. The predicted molar refractivity (Wildman–Crippen MR) is 94.2 cm³/mol. The fourth-order valence-corrected chi connectivity index (χ4v) is 2.29. The van der Waals surface area contributed by atoms with E-state index in [1.165, 1.54) is 69.9 Å². The average molecular weight is 344 g/mol. The summed E-state index contributed by atoms with van der Waals surface area (Å²) >= 11 is 0. The molecule has 0 aliphatic heterocycles. The van der Waals surface area contributed by atoms with Crippen molar-refractivity contribution >= 4 is 10.1 Å². The highest BCUT2D eigenvalue weighted by Crippen LogP contribution is 2.09. The van der Waals surface area contributed by atoms with Gasteiger partial charge in [0.25, 0.3) is 0 Å². The Morgan fingerprint density at radius 3 is 1.74 bits per heavy atom. The average Bonchev–Trinajstić information content (AvgIpc) is 2.46. The Labute approximate surface area is 142 Å². The molecule has 5 heteroatoms. The zero-order chi connectivity index (χ0) is 17.6. The molecule has 0 unspecified atom stereocenters. The molecule has 0 aliphatic rings. The second-order valence-corrected chi connectivity index (χ2v) is 7.55. The van der Waals surface area contributed by atoms with E-state index in [2.05, 4.69) is 42.9 Å². The first-order valence-corrected chi connectivity index (χ1v) is 10.5. The summed E-state index contributed by atoms with van der Waals surface area (Å²) in [5, 5.41) is 0. The summed E-state index contributed by atoms with van der Waals surface area (Å²) in [7, 11) is -3.92. The molecular weight excluding hydrogens is 310 g/mol. The van der Waals surface area contributed by atoms with E-state index >= 15 is 0 Å². The quantitative estimate of drug-likeness (QED) is 0.367. The lowest BCUT2D eigenvalue weighted by Crippen LogP contribution is -2.32. The van der Waals surface area contributed by atoms with E-state index in [-0.39, 0.29) is 0 Å². The van der Waals surface area contributed by atoms with Gasteiger partial charge in [-0.25, -0.2) is 13.0 Å². The minimum Gasteiger partial charge on any atom is -0.748 e. The molecule has 0 bridgehead atoms. The molecule has 0 amide bonds. The van der Waals surface area contributed by atoms with Gasteiger partial charge in [0.05, 0.1) is 10.1 Å². The molecule has 23 heavy (non-hydrogen) atoms. The van der Waals surface area contributed by atoms with Crippen LogP contribution in [-0.2, 0) is 16.7 Å². The van der Waals surface area contributed by atoms with Gasteiger partial charge in [0.15, 0.2) is 12.4 Å². The lowest BCUT2D eigenvalue weighted by Gasteiger charge is -2.01. The number of hydrogen-bond acceptors (Lipinski definition) is 3. The number of hydrogen-bond donors (Lipinski definition) is 0. The Morgan fingerprint density at radius 2 is 1.30 bits per heavy atom. The summed E-state index contributed by atoms with van der Waals surface area (Å²) in [6.07, 6.45) is 17.6. The molecule has 0 spiro atoms. The van der Waals surface area contributed by atoms with Gasteiger partial charge >= 0.3 is 0 Å². The summed E-state index contributed by atoms with van der Waals surface area (Å²) in [5.74, 6) is 0. The summed E-state index contributed by atoms with van der Waals surface area (Å²) < 4.78 is 29.5. The molecule has 1 aromatic heterocycles. The largest absolute Gasteiger partial charge is 0.748 e. The van der Waals surface area contributed by atoms with Crippen LogP contribution < -0.4 is 4.57 Å². The Hall–Kier alpha value is -0.940. The van der Waals surface area contributed by atoms with Crippen LogP contribution in [0.3, 0.4) is 0 Å². The molecule has 0 aromatic carbocycles. The highest BCUT2D eigenvalue weighted by molar-refractivity contribution is 7.84. The number of aromatic nitrogens is 1. The van der Waals surface area contributed by atoms with Crippen molar-refractivity contribution in [2.75, 3.05) is 6.26 Å². The van der Waals surface area contributed by atoms with Crippen molar-refractivity contribution < 1.29 is 17.5 Å². The number of nitrogens with zero attached hydrogens (tertiary/aromatic N) is 1. The van der Waals surface area contributed by atoms with Gasteiger partial charge in [-0.1, -0.05) is 51.9 Å². The summed E-state index contributed by atoms with van der Waals surface area (Å²) in [6.45, 7) is 5.60. The fourth-order valence-electron chi connectivity index (χ4n) is 2.29. The van der Waals surface area contributed by atoms with E-state index in [0.29, 0.717) is 6.26 Å². The van der Waals surface area contributed by atoms with E-state index in [4.69, 9.17) is 13.0 Å². The SMILES string of the molecule is CCCCCCCCCCC[n+]1ccc(C)cc1.CS(=O)(=O)[O-]. The highest BCUT2D eigenvalue weighted by atomic mass is 32.2. The maximum absolute atomic E-state index is 9.08. The van der Waals surface area contributed by atoms with Crippen LogP contribution in [0, 0.1) is 6.92 Å². The molecule has 1 heterocycles. The van der Waals surface area contributed by atoms with E-state index in [1.807, 2.05) is 0 Å². The summed E-state index contributed by atoms with van der Waals surface area (Å²) in [6, 6.07) is 4.38. The first-order chi connectivity index (χ1) is 10.8. The number of unbranched alkanes of at least 4 members (excludes halogenated alkanes) is 8. The first kappa shape index (κ1) is 22.1. The van der Waals surface area contributed by atoms with Crippen molar-refractivity contribution in [1.82, 2.24) is 0 Å². The van der Waals surface area contributed by atoms with Crippen LogP contribution in [0.5, 0.6) is 0 Å². The standard InChI is InChI=1S/C17H30N.CH4O3S/c1-3-4-5-6-7-8-9-10-11-14-18-15-12-17(2)13-16-18;1-5(2,3)4/h12-13,15-16H,3-11,14H2,1-2H3;1H3,(H,2,3,4)/q+1;/p-1. The maximum Gasteiger partial charge on any atom is 0.169 e. The van der Waals surface area contributed by atoms with Crippen molar-refractivity contribution in [2.45, 2.75) is 78.2 Å². The maximum atomic E-state index is 9.08. The Balaban J connectivity index is 0.000000841. The van der Waals surface area contributed by atoms with Gasteiger partial charge in [-0.2, -0.15) is 0 Å². The molecular formula is C18H33NO3S. The van der Waals surface area contributed by atoms with Gasteiger partial charge in [0.2, 0.25) is 0 Å². The minimum atomic E-state index is -3.92.